The number of ether oxygens (including phenoxy) is 2. The third-order valence-electron chi connectivity index (χ3n) is 8.89. The number of benzene rings is 2. The molecular formula is C33H45N3O4. The van der Waals surface area contributed by atoms with Crippen LogP contribution < -0.4 is 14.8 Å². The number of amides is 2. The standard InChI is InChI=1S/C33H45N3O4/c1-26-25-40-30-14-4-3-10-27(30)11-5-6-15-33(32(38)34-26)16-20-36(21-17-33)31(37)28-12-9-13-29(24-28)39-23-22-35-18-7-2-8-19-35/h3-4,9-10,12-14,24,26H,2,5-8,11,15-23,25H2,1H3,(H,34,38)/t26-/m1/s1. The van der Waals surface area contributed by atoms with Gasteiger partial charge < -0.3 is 19.7 Å². The summed E-state index contributed by atoms with van der Waals surface area (Å²) in [6, 6.07) is 15.7. The molecule has 3 heterocycles. The van der Waals surface area contributed by atoms with Crippen molar-refractivity contribution in [3.63, 3.8) is 0 Å². The van der Waals surface area contributed by atoms with Crippen LogP contribution in [0.25, 0.3) is 0 Å². The van der Waals surface area contributed by atoms with Gasteiger partial charge in [-0.05, 0) is 94.8 Å². The van der Waals surface area contributed by atoms with Crippen molar-refractivity contribution >= 4 is 11.8 Å². The van der Waals surface area contributed by atoms with Crippen LogP contribution in [0.4, 0.5) is 0 Å². The SMILES string of the molecule is C[C@@H]1COc2ccccc2CCCCC2(CCN(C(=O)c3cccc(OCCN4CCCCC4)c3)CC2)C(=O)N1. The summed E-state index contributed by atoms with van der Waals surface area (Å²) in [6.45, 7) is 7.47. The highest BCUT2D eigenvalue weighted by molar-refractivity contribution is 5.95. The number of hydrogen-bond donors (Lipinski definition) is 1. The highest BCUT2D eigenvalue weighted by Gasteiger charge is 2.42. The second-order valence-corrected chi connectivity index (χ2v) is 11.9. The molecule has 2 fully saturated rings. The molecule has 0 radical (unpaired) electrons. The number of fused-ring (bicyclic) bond motifs is 1. The fourth-order valence-electron chi connectivity index (χ4n) is 6.37. The van der Waals surface area contributed by atoms with Crippen LogP contribution in [-0.2, 0) is 11.2 Å². The molecule has 3 aliphatic rings. The number of para-hydroxylation sites is 1. The van der Waals surface area contributed by atoms with E-state index in [1.165, 1.54) is 24.8 Å². The van der Waals surface area contributed by atoms with E-state index in [1.807, 2.05) is 48.2 Å². The molecule has 7 heteroatoms. The van der Waals surface area contributed by atoms with Gasteiger partial charge in [0.15, 0.2) is 0 Å². The molecule has 1 N–H and O–H groups in total. The zero-order valence-electron chi connectivity index (χ0n) is 24.0. The van der Waals surface area contributed by atoms with Gasteiger partial charge in [-0.1, -0.05) is 37.1 Å². The first-order valence-electron chi connectivity index (χ1n) is 15.3. The summed E-state index contributed by atoms with van der Waals surface area (Å²) < 4.78 is 12.1. The Labute approximate surface area is 239 Å². The minimum atomic E-state index is -0.441. The van der Waals surface area contributed by atoms with Crippen molar-refractivity contribution in [1.82, 2.24) is 15.1 Å². The van der Waals surface area contributed by atoms with Crippen molar-refractivity contribution < 1.29 is 19.1 Å². The van der Waals surface area contributed by atoms with E-state index in [-0.39, 0.29) is 17.9 Å². The number of rotatable bonds is 5. The maximum absolute atomic E-state index is 13.6. The third kappa shape index (κ3) is 7.17. The smallest absolute Gasteiger partial charge is 0.253 e. The lowest BCUT2D eigenvalue weighted by Crippen LogP contribution is -2.52. The van der Waals surface area contributed by atoms with Gasteiger partial charge in [0.25, 0.3) is 5.91 Å². The lowest BCUT2D eigenvalue weighted by atomic mass is 9.73. The van der Waals surface area contributed by atoms with E-state index < -0.39 is 5.41 Å². The summed E-state index contributed by atoms with van der Waals surface area (Å²) in [5.41, 5.74) is 1.44. The molecule has 0 unspecified atom stereocenters. The number of likely N-dealkylation sites (tertiary alicyclic amines) is 2. The van der Waals surface area contributed by atoms with Gasteiger partial charge in [-0.2, -0.15) is 0 Å². The van der Waals surface area contributed by atoms with Crippen LogP contribution in [0.1, 0.15) is 74.2 Å². The second kappa shape index (κ2) is 13.5. The first kappa shape index (κ1) is 28.5. The minimum Gasteiger partial charge on any atom is -0.492 e. The highest BCUT2D eigenvalue weighted by Crippen LogP contribution is 2.38. The molecule has 2 aromatic rings. The van der Waals surface area contributed by atoms with Crippen molar-refractivity contribution in [2.75, 3.05) is 45.9 Å². The summed E-state index contributed by atoms with van der Waals surface area (Å²) in [5, 5.41) is 3.23. The fourth-order valence-corrected chi connectivity index (χ4v) is 6.37. The van der Waals surface area contributed by atoms with Gasteiger partial charge in [0.1, 0.15) is 24.7 Å². The predicted octanol–water partition coefficient (Wildman–Crippen LogP) is 5.08. The number of piperidine rings is 2. The summed E-state index contributed by atoms with van der Waals surface area (Å²) in [4.78, 5) is 31.4. The van der Waals surface area contributed by atoms with Gasteiger partial charge >= 0.3 is 0 Å². The van der Waals surface area contributed by atoms with Crippen molar-refractivity contribution in [2.45, 2.75) is 70.8 Å². The van der Waals surface area contributed by atoms with Crippen LogP contribution in [0.5, 0.6) is 11.5 Å². The Balaban J connectivity index is 1.17. The molecule has 5 rings (SSSR count). The van der Waals surface area contributed by atoms with Crippen LogP contribution in [0.15, 0.2) is 48.5 Å². The molecule has 1 atom stereocenters. The largest absolute Gasteiger partial charge is 0.492 e. The molecule has 0 saturated carbocycles. The third-order valence-corrected chi connectivity index (χ3v) is 8.89. The number of nitrogens with one attached hydrogen (secondary N) is 1. The molecule has 216 valence electrons. The molecule has 2 saturated heterocycles. The number of carbonyl (C=O) groups is 2. The maximum Gasteiger partial charge on any atom is 0.253 e. The van der Waals surface area contributed by atoms with Crippen molar-refractivity contribution in [1.29, 1.82) is 0 Å². The molecule has 2 aromatic carbocycles. The molecule has 7 nitrogen and oxygen atoms in total. The minimum absolute atomic E-state index is 0.0169. The van der Waals surface area contributed by atoms with E-state index >= 15 is 0 Å². The van der Waals surface area contributed by atoms with E-state index in [0.29, 0.717) is 44.7 Å². The van der Waals surface area contributed by atoms with Gasteiger partial charge in [-0.15, -0.1) is 0 Å². The van der Waals surface area contributed by atoms with Crippen LogP contribution in [0, 0.1) is 5.41 Å². The Kier molecular flexibility index (Phi) is 9.63. The molecule has 0 aliphatic carbocycles. The molecule has 2 amide bonds. The molecule has 3 aliphatic heterocycles. The first-order chi connectivity index (χ1) is 19.5. The predicted molar refractivity (Wildman–Crippen MR) is 157 cm³/mol. The van der Waals surface area contributed by atoms with E-state index in [1.54, 1.807) is 0 Å². The molecule has 0 bridgehead atoms. The highest BCUT2D eigenvalue weighted by atomic mass is 16.5. The Hall–Kier alpha value is -3.06. The lowest BCUT2D eigenvalue weighted by Gasteiger charge is -2.41. The average Bonchev–Trinajstić information content (AvgIpc) is 2.99. The number of aryl methyl sites for hydroxylation is 1. The average molecular weight is 548 g/mol. The van der Waals surface area contributed by atoms with Gasteiger partial charge in [0.05, 0.1) is 11.5 Å². The number of nitrogens with zero attached hydrogens (tertiary/aromatic N) is 2. The van der Waals surface area contributed by atoms with E-state index in [9.17, 15) is 9.59 Å². The molecule has 0 aromatic heterocycles. The van der Waals surface area contributed by atoms with Crippen molar-refractivity contribution in [2.24, 2.45) is 5.41 Å². The van der Waals surface area contributed by atoms with Gasteiger partial charge in [0.2, 0.25) is 5.91 Å². The topological polar surface area (TPSA) is 71.1 Å². The number of hydrogen-bond acceptors (Lipinski definition) is 5. The molecule has 1 spiro atoms. The maximum atomic E-state index is 13.6. The Morgan fingerprint density at radius 2 is 1.77 bits per heavy atom. The first-order valence-corrected chi connectivity index (χ1v) is 15.3. The van der Waals surface area contributed by atoms with E-state index in [2.05, 4.69) is 22.3 Å². The Bertz CT molecular complexity index is 1140. The molecule has 40 heavy (non-hydrogen) atoms. The van der Waals surface area contributed by atoms with Crippen molar-refractivity contribution in [3.05, 3.63) is 59.7 Å². The lowest BCUT2D eigenvalue weighted by molar-refractivity contribution is -0.135. The number of carbonyl (C=O) groups excluding carboxylic acids is 2. The van der Waals surface area contributed by atoms with Crippen molar-refractivity contribution in [3.8, 4) is 11.5 Å². The fraction of sp³-hybridized carbons (Fsp3) is 0.576. The van der Waals surface area contributed by atoms with Crippen LogP contribution >= 0.6 is 0 Å². The Morgan fingerprint density at radius 3 is 2.60 bits per heavy atom. The summed E-state index contributed by atoms with van der Waals surface area (Å²) in [5.74, 6) is 1.78. The van der Waals surface area contributed by atoms with Crippen LogP contribution in [-0.4, -0.2) is 73.6 Å². The zero-order valence-corrected chi connectivity index (χ0v) is 24.0. The van der Waals surface area contributed by atoms with Gasteiger partial charge in [-0.3, -0.25) is 14.5 Å². The molecular weight excluding hydrogens is 502 g/mol. The van der Waals surface area contributed by atoms with Crippen LogP contribution in [0.2, 0.25) is 0 Å². The Morgan fingerprint density at radius 1 is 0.975 bits per heavy atom. The summed E-state index contributed by atoms with van der Waals surface area (Å²) in [6.07, 6.45) is 9.00. The summed E-state index contributed by atoms with van der Waals surface area (Å²) in [7, 11) is 0. The van der Waals surface area contributed by atoms with Gasteiger partial charge in [0, 0.05) is 25.2 Å². The monoisotopic (exact) mass is 547 g/mol. The second-order valence-electron chi connectivity index (χ2n) is 11.9. The normalized spacial score (nSPS) is 22.3. The van der Waals surface area contributed by atoms with E-state index in [4.69, 9.17) is 9.47 Å². The van der Waals surface area contributed by atoms with Gasteiger partial charge in [-0.25, -0.2) is 0 Å². The van der Waals surface area contributed by atoms with E-state index in [0.717, 1.165) is 56.8 Å². The quantitative estimate of drug-likeness (QED) is 0.565. The van der Waals surface area contributed by atoms with Crippen LogP contribution in [0.3, 0.4) is 0 Å². The summed E-state index contributed by atoms with van der Waals surface area (Å²) >= 11 is 0. The zero-order chi connectivity index (χ0) is 27.8.